The van der Waals surface area contributed by atoms with Crippen LogP contribution in [0.1, 0.15) is 16.7 Å². The number of benzene rings is 1. The zero-order valence-corrected chi connectivity index (χ0v) is 6.48. The van der Waals surface area contributed by atoms with E-state index in [0.717, 1.165) is 6.54 Å². The van der Waals surface area contributed by atoms with Gasteiger partial charge in [-0.25, -0.2) is 0 Å². The third-order valence-electron chi connectivity index (χ3n) is 2.80. The summed E-state index contributed by atoms with van der Waals surface area (Å²) in [5, 5.41) is 3.40. The van der Waals surface area contributed by atoms with Crippen LogP contribution < -0.4 is 5.32 Å². The number of fused-ring (bicyclic) bond motifs is 2. The van der Waals surface area contributed by atoms with Gasteiger partial charge in [-0.05, 0) is 42.0 Å². The van der Waals surface area contributed by atoms with Gasteiger partial charge >= 0.3 is 0 Å². The fourth-order valence-corrected chi connectivity index (χ4v) is 2.00. The first kappa shape index (κ1) is 5.64. The van der Waals surface area contributed by atoms with E-state index in [9.17, 15) is 0 Å². The number of hydrogen-bond donors (Lipinski definition) is 1. The summed E-state index contributed by atoms with van der Waals surface area (Å²) in [6, 6.07) is 4.72. The van der Waals surface area contributed by atoms with Crippen molar-refractivity contribution < 1.29 is 0 Å². The molecule has 0 amide bonds. The summed E-state index contributed by atoms with van der Waals surface area (Å²) < 4.78 is 0. The Hall–Kier alpha value is -0.980. The molecule has 0 bridgehead atoms. The predicted molar refractivity (Wildman–Crippen MR) is 46.0 cm³/mol. The van der Waals surface area contributed by atoms with Gasteiger partial charge in [-0.1, -0.05) is 6.07 Å². The normalized spacial score (nSPS) is 18.2. The van der Waals surface area contributed by atoms with Crippen molar-refractivity contribution in [2.75, 3.05) is 11.9 Å². The van der Waals surface area contributed by atoms with Crippen LogP contribution in [0.25, 0.3) is 0 Å². The van der Waals surface area contributed by atoms with E-state index >= 15 is 0 Å². The van der Waals surface area contributed by atoms with E-state index in [0.29, 0.717) is 0 Å². The van der Waals surface area contributed by atoms with Crippen LogP contribution in [0.15, 0.2) is 12.1 Å². The molecule has 1 heteroatoms. The van der Waals surface area contributed by atoms with Crippen LogP contribution in [0.3, 0.4) is 0 Å². The Kier molecular flexibility index (Phi) is 0.916. The molecule has 0 atom stereocenters. The van der Waals surface area contributed by atoms with Crippen molar-refractivity contribution in [3.8, 4) is 0 Å². The lowest BCUT2D eigenvalue weighted by Gasteiger charge is -2.19. The summed E-state index contributed by atoms with van der Waals surface area (Å²) >= 11 is 0. The topological polar surface area (TPSA) is 12.0 Å². The average molecular weight is 145 g/mol. The molecule has 0 saturated heterocycles. The van der Waals surface area contributed by atoms with Crippen molar-refractivity contribution in [1.29, 1.82) is 0 Å². The van der Waals surface area contributed by atoms with Crippen LogP contribution in [0.5, 0.6) is 0 Å². The van der Waals surface area contributed by atoms with E-state index in [4.69, 9.17) is 0 Å². The van der Waals surface area contributed by atoms with Gasteiger partial charge in [0.2, 0.25) is 0 Å². The lowest BCUT2D eigenvalue weighted by molar-refractivity contribution is 0.837. The summed E-state index contributed by atoms with van der Waals surface area (Å²) in [6.45, 7) is 1.14. The van der Waals surface area contributed by atoms with E-state index in [1.165, 1.54) is 30.5 Å². The molecule has 1 aliphatic heterocycles. The van der Waals surface area contributed by atoms with Gasteiger partial charge in [0.1, 0.15) is 0 Å². The third-order valence-corrected chi connectivity index (χ3v) is 2.80. The first-order chi connectivity index (χ1) is 5.43. The Bertz CT molecular complexity index is 284. The van der Waals surface area contributed by atoms with Crippen molar-refractivity contribution in [3.05, 3.63) is 28.8 Å². The van der Waals surface area contributed by atoms with Crippen LogP contribution in [0, 0.1) is 0 Å². The van der Waals surface area contributed by atoms with E-state index in [2.05, 4.69) is 17.4 Å². The van der Waals surface area contributed by atoms with Crippen molar-refractivity contribution >= 4 is 5.69 Å². The fraction of sp³-hybridized carbons (Fsp3) is 0.400. The maximum absolute atomic E-state index is 3.40. The second-order valence-corrected chi connectivity index (χ2v) is 3.45. The molecule has 1 nitrogen and oxygen atoms in total. The molecule has 0 spiro atoms. The number of nitrogens with one attached hydrogen (secondary N) is 1. The molecule has 1 heterocycles. The summed E-state index contributed by atoms with van der Waals surface area (Å²) in [4.78, 5) is 0. The minimum atomic E-state index is 1.14. The Balaban J connectivity index is 2.23. The Morgan fingerprint density at radius 3 is 2.55 bits per heavy atom. The number of rotatable bonds is 0. The Labute approximate surface area is 66.4 Å². The van der Waals surface area contributed by atoms with Gasteiger partial charge < -0.3 is 5.32 Å². The quantitative estimate of drug-likeness (QED) is 0.586. The molecule has 0 unspecified atom stereocenters. The molecular weight excluding hydrogens is 134 g/mol. The Morgan fingerprint density at radius 1 is 0.909 bits per heavy atom. The highest BCUT2D eigenvalue weighted by atomic mass is 14.9. The zero-order valence-electron chi connectivity index (χ0n) is 6.48. The Morgan fingerprint density at radius 2 is 1.73 bits per heavy atom. The van der Waals surface area contributed by atoms with Crippen LogP contribution in [-0.4, -0.2) is 6.54 Å². The molecule has 1 N–H and O–H groups in total. The largest absolute Gasteiger partial charge is 0.384 e. The second-order valence-electron chi connectivity index (χ2n) is 3.45. The zero-order chi connectivity index (χ0) is 7.26. The van der Waals surface area contributed by atoms with E-state index in [1.54, 1.807) is 11.1 Å². The van der Waals surface area contributed by atoms with E-state index in [1.807, 2.05) is 0 Å². The molecule has 11 heavy (non-hydrogen) atoms. The van der Waals surface area contributed by atoms with E-state index < -0.39 is 0 Å². The average Bonchev–Trinajstić information content (AvgIpc) is 2.40. The molecule has 1 aromatic carbocycles. The molecule has 56 valence electrons. The standard InChI is InChI=1S/C10H11N/c1-2-8-6-10-9(3-4-11-10)5-7(1)8/h5-6,11H,1-4H2. The lowest BCUT2D eigenvalue weighted by Crippen LogP contribution is -2.08. The smallest absolute Gasteiger partial charge is 0.0376 e. The highest BCUT2D eigenvalue weighted by Crippen LogP contribution is 2.31. The molecule has 1 aliphatic carbocycles. The molecule has 0 fully saturated rings. The maximum atomic E-state index is 3.40. The monoisotopic (exact) mass is 145 g/mol. The molecule has 2 aliphatic rings. The molecular formula is C10H11N. The van der Waals surface area contributed by atoms with Crippen molar-refractivity contribution in [3.63, 3.8) is 0 Å². The molecule has 0 radical (unpaired) electrons. The highest BCUT2D eigenvalue weighted by Gasteiger charge is 2.18. The SMILES string of the molecule is c1c2c(cc3c1CCN3)CC2. The van der Waals surface area contributed by atoms with Crippen molar-refractivity contribution in [2.24, 2.45) is 0 Å². The summed E-state index contributed by atoms with van der Waals surface area (Å²) in [5.74, 6) is 0. The van der Waals surface area contributed by atoms with Crippen molar-refractivity contribution in [2.45, 2.75) is 19.3 Å². The van der Waals surface area contributed by atoms with Crippen LogP contribution in [-0.2, 0) is 19.3 Å². The first-order valence-corrected chi connectivity index (χ1v) is 4.32. The minimum absolute atomic E-state index is 1.14. The van der Waals surface area contributed by atoms with Gasteiger partial charge in [-0.15, -0.1) is 0 Å². The predicted octanol–water partition coefficient (Wildman–Crippen LogP) is 1.75. The summed E-state index contributed by atoms with van der Waals surface area (Å²) in [7, 11) is 0. The van der Waals surface area contributed by atoms with Gasteiger partial charge in [0.05, 0.1) is 0 Å². The van der Waals surface area contributed by atoms with Crippen molar-refractivity contribution in [1.82, 2.24) is 0 Å². The molecule has 3 rings (SSSR count). The maximum Gasteiger partial charge on any atom is 0.0376 e. The number of aryl methyl sites for hydroxylation is 2. The van der Waals surface area contributed by atoms with Gasteiger partial charge in [-0.2, -0.15) is 0 Å². The highest BCUT2D eigenvalue weighted by molar-refractivity contribution is 5.60. The second kappa shape index (κ2) is 1.79. The van der Waals surface area contributed by atoms with Gasteiger partial charge in [-0.3, -0.25) is 0 Å². The summed E-state index contributed by atoms with van der Waals surface area (Å²) in [5.41, 5.74) is 6.08. The summed E-state index contributed by atoms with van der Waals surface area (Å²) in [6.07, 6.45) is 3.83. The fourth-order valence-electron chi connectivity index (χ4n) is 2.00. The van der Waals surface area contributed by atoms with E-state index in [-0.39, 0.29) is 0 Å². The third kappa shape index (κ3) is 0.657. The lowest BCUT2D eigenvalue weighted by atomic mass is 9.86. The number of anilines is 1. The molecule has 0 saturated carbocycles. The van der Waals surface area contributed by atoms with Gasteiger partial charge in [0, 0.05) is 12.2 Å². The minimum Gasteiger partial charge on any atom is -0.384 e. The van der Waals surface area contributed by atoms with Crippen LogP contribution >= 0.6 is 0 Å². The van der Waals surface area contributed by atoms with Gasteiger partial charge in [0.15, 0.2) is 0 Å². The molecule has 1 aromatic rings. The van der Waals surface area contributed by atoms with Crippen LogP contribution in [0.2, 0.25) is 0 Å². The number of hydrogen-bond acceptors (Lipinski definition) is 1. The van der Waals surface area contributed by atoms with Crippen LogP contribution in [0.4, 0.5) is 5.69 Å². The van der Waals surface area contributed by atoms with Gasteiger partial charge in [0.25, 0.3) is 0 Å². The first-order valence-electron chi connectivity index (χ1n) is 4.32. The molecule has 0 aromatic heterocycles.